The van der Waals surface area contributed by atoms with Crippen LogP contribution in [-0.4, -0.2) is 21.5 Å². The van der Waals surface area contributed by atoms with E-state index in [0.29, 0.717) is 11.1 Å². The van der Waals surface area contributed by atoms with E-state index >= 15 is 0 Å². The number of anilines is 1. The Labute approximate surface area is 152 Å². The molecule has 1 saturated heterocycles. The van der Waals surface area contributed by atoms with Crippen LogP contribution in [0, 0.1) is 5.82 Å². The molecular formula is C20H20FN2O2S+. The van der Waals surface area contributed by atoms with Gasteiger partial charge in [-0.05, 0) is 43.5 Å². The van der Waals surface area contributed by atoms with Gasteiger partial charge in [0.2, 0.25) is 15.4 Å². The average Bonchev–Trinajstić information content (AvgIpc) is 2.68. The van der Waals surface area contributed by atoms with Crippen molar-refractivity contribution in [3.8, 4) is 0 Å². The Kier molecular flexibility index (Phi) is 4.36. The van der Waals surface area contributed by atoms with Gasteiger partial charge < -0.3 is 4.90 Å². The third-order valence-electron chi connectivity index (χ3n) is 4.84. The van der Waals surface area contributed by atoms with Crippen LogP contribution in [0.15, 0.2) is 64.5 Å². The van der Waals surface area contributed by atoms with Crippen molar-refractivity contribution in [3.05, 3.63) is 60.5 Å². The lowest BCUT2D eigenvalue weighted by Gasteiger charge is -2.30. The lowest BCUT2D eigenvalue weighted by Crippen LogP contribution is -2.31. The van der Waals surface area contributed by atoms with Crippen LogP contribution in [0.25, 0.3) is 10.9 Å². The van der Waals surface area contributed by atoms with Crippen LogP contribution in [0.5, 0.6) is 0 Å². The number of aromatic nitrogens is 1. The fraction of sp³-hybridized carbons (Fsp3) is 0.250. The molecule has 1 aliphatic rings. The van der Waals surface area contributed by atoms with Gasteiger partial charge in [-0.25, -0.2) is 17.8 Å². The number of aromatic amines is 1. The fourth-order valence-corrected chi connectivity index (χ4v) is 5.03. The normalized spacial score (nSPS) is 15.3. The topological polar surface area (TPSA) is 51.5 Å². The zero-order valence-electron chi connectivity index (χ0n) is 14.3. The quantitative estimate of drug-likeness (QED) is 0.707. The molecule has 0 amide bonds. The summed E-state index contributed by atoms with van der Waals surface area (Å²) in [5, 5.41) is 0.601. The second-order valence-corrected chi connectivity index (χ2v) is 8.47. The number of fused-ring (bicyclic) bond motifs is 1. The van der Waals surface area contributed by atoms with E-state index in [4.69, 9.17) is 0 Å². The molecule has 0 unspecified atom stereocenters. The first kappa shape index (κ1) is 17.0. The molecule has 0 atom stereocenters. The van der Waals surface area contributed by atoms with Gasteiger partial charge in [0.25, 0.3) is 0 Å². The van der Waals surface area contributed by atoms with Crippen molar-refractivity contribution < 1.29 is 17.8 Å². The second-order valence-electron chi connectivity index (χ2n) is 6.56. The summed E-state index contributed by atoms with van der Waals surface area (Å²) in [6.07, 6.45) is 4.66. The lowest BCUT2D eigenvalue weighted by molar-refractivity contribution is -0.347. The van der Waals surface area contributed by atoms with Gasteiger partial charge in [-0.1, -0.05) is 18.2 Å². The van der Waals surface area contributed by atoms with E-state index in [1.165, 1.54) is 18.3 Å². The van der Waals surface area contributed by atoms with Crippen molar-refractivity contribution in [3.63, 3.8) is 0 Å². The standard InChI is InChI=1S/C20H19FN2O2S/c21-15-9-10-18-17(13-15)20(23-11-5-2-6-12-23)19(14-22-18)26(24,25)16-7-3-1-4-8-16/h1,3-4,7-10,13-14H,2,5-6,11-12H2/p+1. The first-order valence-corrected chi connectivity index (χ1v) is 10.2. The van der Waals surface area contributed by atoms with Crippen LogP contribution in [0.3, 0.4) is 0 Å². The zero-order chi connectivity index (χ0) is 18.1. The average molecular weight is 371 g/mol. The van der Waals surface area contributed by atoms with Crippen molar-refractivity contribution >= 4 is 26.4 Å². The second kappa shape index (κ2) is 6.68. The molecule has 0 saturated carbocycles. The fourth-order valence-electron chi connectivity index (χ4n) is 3.56. The largest absolute Gasteiger partial charge is 0.370 e. The van der Waals surface area contributed by atoms with Crippen LogP contribution in [0.2, 0.25) is 0 Å². The molecule has 0 spiro atoms. The van der Waals surface area contributed by atoms with Crippen molar-refractivity contribution in [2.75, 3.05) is 18.0 Å². The van der Waals surface area contributed by atoms with Gasteiger partial charge in [0.1, 0.15) is 5.82 Å². The van der Waals surface area contributed by atoms with Crippen LogP contribution >= 0.6 is 0 Å². The predicted octanol–water partition coefficient (Wildman–Crippen LogP) is 3.62. The number of halogens is 1. The molecule has 4 rings (SSSR count). The van der Waals surface area contributed by atoms with Crippen molar-refractivity contribution in [1.82, 2.24) is 0 Å². The van der Waals surface area contributed by atoms with E-state index in [2.05, 4.69) is 9.88 Å². The summed E-state index contributed by atoms with van der Waals surface area (Å²) in [6.45, 7) is 1.54. The summed E-state index contributed by atoms with van der Waals surface area (Å²) in [5.41, 5.74) is 1.32. The third kappa shape index (κ3) is 2.94. The summed E-state index contributed by atoms with van der Waals surface area (Å²) in [6, 6.07) is 12.8. The van der Waals surface area contributed by atoms with E-state index < -0.39 is 9.84 Å². The summed E-state index contributed by atoms with van der Waals surface area (Å²) in [5.74, 6) is -0.376. The molecule has 2 heterocycles. The van der Waals surface area contributed by atoms with Gasteiger partial charge >= 0.3 is 0 Å². The third-order valence-corrected chi connectivity index (χ3v) is 6.63. The minimum Gasteiger partial charge on any atom is -0.370 e. The Hall–Kier alpha value is -2.47. The van der Waals surface area contributed by atoms with Gasteiger partial charge in [-0.2, -0.15) is 0 Å². The van der Waals surface area contributed by atoms with E-state index in [1.54, 1.807) is 36.4 Å². The molecule has 4 nitrogen and oxygen atoms in total. The zero-order valence-corrected chi connectivity index (χ0v) is 15.1. The Balaban J connectivity index is 2.00. The Morgan fingerprint density at radius 3 is 2.42 bits per heavy atom. The number of hydrogen-bond acceptors (Lipinski definition) is 3. The van der Waals surface area contributed by atoms with Crippen LogP contribution in [-0.2, 0) is 9.84 Å². The number of rotatable bonds is 3. The summed E-state index contributed by atoms with van der Waals surface area (Å²) in [7, 11) is -3.72. The van der Waals surface area contributed by atoms with E-state index in [9.17, 15) is 12.8 Å². The molecular weight excluding hydrogens is 351 g/mol. The highest BCUT2D eigenvalue weighted by atomic mass is 32.2. The monoisotopic (exact) mass is 371 g/mol. The number of piperidine rings is 1. The van der Waals surface area contributed by atoms with Crippen LogP contribution < -0.4 is 9.88 Å². The number of nitrogens with zero attached hydrogens (tertiary/aromatic N) is 1. The first-order chi connectivity index (χ1) is 12.6. The number of pyridine rings is 1. The Morgan fingerprint density at radius 1 is 0.962 bits per heavy atom. The minimum absolute atomic E-state index is 0.198. The lowest BCUT2D eigenvalue weighted by atomic mass is 10.1. The predicted molar refractivity (Wildman–Crippen MR) is 98.4 cm³/mol. The molecule has 0 radical (unpaired) electrons. The molecule has 1 fully saturated rings. The van der Waals surface area contributed by atoms with E-state index in [1.807, 2.05) is 0 Å². The highest BCUT2D eigenvalue weighted by Crippen LogP contribution is 2.36. The highest BCUT2D eigenvalue weighted by Gasteiger charge is 2.30. The summed E-state index contributed by atoms with van der Waals surface area (Å²) < 4.78 is 40.5. The van der Waals surface area contributed by atoms with E-state index in [0.717, 1.165) is 37.9 Å². The van der Waals surface area contributed by atoms with E-state index in [-0.39, 0.29) is 15.6 Å². The number of hydrogen-bond donors (Lipinski definition) is 0. The summed E-state index contributed by atoms with van der Waals surface area (Å²) >= 11 is 0. The maximum atomic E-state index is 14.0. The molecule has 0 bridgehead atoms. The van der Waals surface area contributed by atoms with Crippen molar-refractivity contribution in [2.45, 2.75) is 29.1 Å². The maximum absolute atomic E-state index is 14.0. The molecule has 1 aromatic heterocycles. The minimum atomic E-state index is -3.72. The SMILES string of the molecule is O=S(=O)(c1ccccc1)c1c[nH+]c2ccc(F)cc2c1N1CCCCC1. The highest BCUT2D eigenvalue weighted by molar-refractivity contribution is 7.91. The molecule has 3 aromatic rings. The Morgan fingerprint density at radius 2 is 1.69 bits per heavy atom. The summed E-state index contributed by atoms with van der Waals surface area (Å²) in [4.78, 5) is 5.54. The smallest absolute Gasteiger partial charge is 0.214 e. The molecule has 0 aliphatic carbocycles. The van der Waals surface area contributed by atoms with Crippen LogP contribution in [0.4, 0.5) is 10.1 Å². The van der Waals surface area contributed by atoms with Gasteiger partial charge in [0, 0.05) is 19.2 Å². The molecule has 26 heavy (non-hydrogen) atoms. The van der Waals surface area contributed by atoms with Gasteiger partial charge in [0.15, 0.2) is 11.1 Å². The maximum Gasteiger partial charge on any atom is 0.214 e. The number of nitrogens with one attached hydrogen (secondary N) is 1. The van der Waals surface area contributed by atoms with Crippen molar-refractivity contribution in [2.24, 2.45) is 0 Å². The molecule has 1 N–H and O–H groups in total. The van der Waals surface area contributed by atoms with Gasteiger partial charge in [-0.3, -0.25) is 0 Å². The molecule has 6 heteroatoms. The molecule has 1 aliphatic heterocycles. The number of sulfone groups is 1. The number of H-pyrrole nitrogens is 1. The first-order valence-electron chi connectivity index (χ1n) is 8.76. The van der Waals surface area contributed by atoms with Crippen molar-refractivity contribution in [1.29, 1.82) is 0 Å². The molecule has 134 valence electrons. The van der Waals surface area contributed by atoms with Gasteiger partial charge in [0.05, 0.1) is 16.0 Å². The van der Waals surface area contributed by atoms with Gasteiger partial charge in [-0.15, -0.1) is 0 Å². The molecule has 2 aromatic carbocycles. The number of benzene rings is 2. The van der Waals surface area contributed by atoms with Crippen LogP contribution in [0.1, 0.15) is 19.3 Å². The Bertz CT molecular complexity index is 1050.